The van der Waals surface area contributed by atoms with Crippen LogP contribution in [0.3, 0.4) is 0 Å². The van der Waals surface area contributed by atoms with Crippen LogP contribution in [0.1, 0.15) is 13.1 Å². The van der Waals surface area contributed by atoms with Crippen molar-refractivity contribution in [1.29, 1.82) is 0 Å². The van der Waals surface area contributed by atoms with Crippen molar-refractivity contribution in [2.75, 3.05) is 5.32 Å². The molecule has 5 rings (SSSR count). The molecule has 0 aliphatic carbocycles. The quantitative estimate of drug-likeness (QED) is 0.413. The summed E-state index contributed by atoms with van der Waals surface area (Å²) in [5.74, 6) is 0. The van der Waals surface area contributed by atoms with Gasteiger partial charge in [0.25, 0.3) is 0 Å². The number of nitrogens with one attached hydrogen (secondary N) is 1. The van der Waals surface area contributed by atoms with Gasteiger partial charge in [-0.15, -0.1) is 0 Å². The maximum atomic E-state index is 10.8. The zero-order chi connectivity index (χ0) is 19.1. The second kappa shape index (κ2) is 6.70. The third-order valence-corrected chi connectivity index (χ3v) is 5.45. The first-order chi connectivity index (χ1) is 13.7. The van der Waals surface area contributed by atoms with Crippen molar-refractivity contribution in [3.8, 4) is 0 Å². The average Bonchev–Trinajstić information content (AvgIpc) is 3.06. The highest BCUT2D eigenvalue weighted by molar-refractivity contribution is 6.08. The SMILES string of the molecule is CC(O)C(Nc1cccc2ccccc12)n1c2ccccc2c2ccccc21. The second-order valence-corrected chi connectivity index (χ2v) is 7.26. The molecule has 0 spiro atoms. The fourth-order valence-electron chi connectivity index (χ4n) is 4.16. The van der Waals surface area contributed by atoms with E-state index in [4.69, 9.17) is 0 Å². The van der Waals surface area contributed by atoms with E-state index < -0.39 is 6.10 Å². The summed E-state index contributed by atoms with van der Waals surface area (Å²) in [6.45, 7) is 1.84. The van der Waals surface area contributed by atoms with Gasteiger partial charge >= 0.3 is 0 Å². The van der Waals surface area contributed by atoms with E-state index in [9.17, 15) is 5.11 Å². The van der Waals surface area contributed by atoms with Crippen LogP contribution in [-0.4, -0.2) is 15.8 Å². The third-order valence-electron chi connectivity index (χ3n) is 5.45. The van der Waals surface area contributed by atoms with Crippen molar-refractivity contribution >= 4 is 38.3 Å². The van der Waals surface area contributed by atoms with Gasteiger partial charge in [-0.1, -0.05) is 72.8 Å². The highest BCUT2D eigenvalue weighted by Crippen LogP contribution is 2.34. The number of aliphatic hydroxyl groups excluding tert-OH is 1. The lowest BCUT2D eigenvalue weighted by atomic mass is 10.1. The summed E-state index contributed by atoms with van der Waals surface area (Å²) in [5, 5.41) is 19.1. The maximum absolute atomic E-state index is 10.8. The lowest BCUT2D eigenvalue weighted by Gasteiger charge is -2.27. The molecule has 2 N–H and O–H groups in total. The Bertz CT molecular complexity index is 1230. The molecule has 3 nitrogen and oxygen atoms in total. The third kappa shape index (κ3) is 2.63. The van der Waals surface area contributed by atoms with E-state index in [-0.39, 0.29) is 6.17 Å². The molecule has 0 aliphatic rings. The molecule has 1 heterocycles. The molecular weight excluding hydrogens is 344 g/mol. The number of anilines is 1. The Kier molecular flexibility index (Phi) is 4.03. The number of hydrogen-bond acceptors (Lipinski definition) is 2. The van der Waals surface area contributed by atoms with E-state index >= 15 is 0 Å². The molecule has 5 aromatic rings. The molecule has 2 unspecified atom stereocenters. The number of nitrogens with zero attached hydrogens (tertiary/aromatic N) is 1. The van der Waals surface area contributed by atoms with E-state index in [2.05, 4.69) is 88.7 Å². The highest BCUT2D eigenvalue weighted by Gasteiger charge is 2.22. The van der Waals surface area contributed by atoms with Gasteiger partial charge in [-0.3, -0.25) is 0 Å². The maximum Gasteiger partial charge on any atom is 0.130 e. The average molecular weight is 366 g/mol. The summed E-state index contributed by atoms with van der Waals surface area (Å²) in [6.07, 6.45) is -0.881. The topological polar surface area (TPSA) is 37.2 Å². The van der Waals surface area contributed by atoms with Crippen molar-refractivity contribution in [2.45, 2.75) is 19.2 Å². The van der Waals surface area contributed by atoms with E-state index in [0.29, 0.717) is 0 Å². The number of benzene rings is 4. The molecule has 1 aromatic heterocycles. The van der Waals surface area contributed by atoms with Gasteiger partial charge in [0.1, 0.15) is 6.17 Å². The van der Waals surface area contributed by atoms with Crippen LogP contribution < -0.4 is 5.32 Å². The minimum absolute atomic E-state index is 0.296. The van der Waals surface area contributed by atoms with Gasteiger partial charge in [0.15, 0.2) is 0 Å². The van der Waals surface area contributed by atoms with Crippen molar-refractivity contribution in [3.63, 3.8) is 0 Å². The number of aromatic nitrogens is 1. The Morgan fingerprint density at radius 3 is 1.86 bits per heavy atom. The van der Waals surface area contributed by atoms with Gasteiger partial charge in [-0.05, 0) is 30.5 Å². The predicted molar refractivity (Wildman–Crippen MR) is 118 cm³/mol. The van der Waals surface area contributed by atoms with Crippen LogP contribution in [0, 0.1) is 0 Å². The zero-order valence-electron chi connectivity index (χ0n) is 15.7. The highest BCUT2D eigenvalue weighted by atomic mass is 16.3. The molecule has 0 fully saturated rings. The molecule has 0 amide bonds. The number of aliphatic hydroxyl groups is 1. The first-order valence-corrected chi connectivity index (χ1v) is 9.64. The second-order valence-electron chi connectivity index (χ2n) is 7.26. The summed E-state index contributed by atoms with van der Waals surface area (Å²) in [7, 11) is 0. The van der Waals surface area contributed by atoms with E-state index in [1.807, 2.05) is 19.1 Å². The van der Waals surface area contributed by atoms with Crippen molar-refractivity contribution in [3.05, 3.63) is 91.0 Å². The summed E-state index contributed by atoms with van der Waals surface area (Å²) in [6, 6.07) is 31.3. The van der Waals surface area contributed by atoms with Crippen molar-refractivity contribution in [1.82, 2.24) is 4.57 Å². The first-order valence-electron chi connectivity index (χ1n) is 9.64. The van der Waals surface area contributed by atoms with Gasteiger partial charge in [-0.25, -0.2) is 0 Å². The van der Waals surface area contributed by atoms with E-state index in [1.165, 1.54) is 16.2 Å². The summed E-state index contributed by atoms with van der Waals surface area (Å²) < 4.78 is 2.22. The van der Waals surface area contributed by atoms with Gasteiger partial charge < -0.3 is 15.0 Å². The summed E-state index contributed by atoms with van der Waals surface area (Å²) >= 11 is 0. The molecule has 138 valence electrons. The van der Waals surface area contributed by atoms with Gasteiger partial charge in [0.05, 0.1) is 17.1 Å². The Hall–Kier alpha value is -3.30. The van der Waals surface area contributed by atoms with Crippen LogP contribution >= 0.6 is 0 Å². The fourth-order valence-corrected chi connectivity index (χ4v) is 4.16. The Morgan fingerprint density at radius 1 is 0.679 bits per heavy atom. The van der Waals surface area contributed by atoms with Crippen LogP contribution in [0.4, 0.5) is 5.69 Å². The Balaban J connectivity index is 1.73. The molecular formula is C25H22N2O. The van der Waals surface area contributed by atoms with Crippen LogP contribution in [0.15, 0.2) is 91.0 Å². The lowest BCUT2D eigenvalue weighted by molar-refractivity contribution is 0.147. The number of rotatable bonds is 4. The van der Waals surface area contributed by atoms with Crippen molar-refractivity contribution in [2.24, 2.45) is 0 Å². The van der Waals surface area contributed by atoms with E-state index in [1.54, 1.807) is 0 Å². The van der Waals surface area contributed by atoms with Crippen LogP contribution in [0.25, 0.3) is 32.6 Å². The summed E-state index contributed by atoms with van der Waals surface area (Å²) in [4.78, 5) is 0. The van der Waals surface area contributed by atoms with Gasteiger partial charge in [0, 0.05) is 21.8 Å². The largest absolute Gasteiger partial charge is 0.389 e. The molecule has 28 heavy (non-hydrogen) atoms. The normalized spacial score (nSPS) is 13.8. The van der Waals surface area contributed by atoms with Crippen LogP contribution in [-0.2, 0) is 0 Å². The molecule has 0 aliphatic heterocycles. The molecule has 0 saturated heterocycles. The smallest absolute Gasteiger partial charge is 0.130 e. The number of fused-ring (bicyclic) bond motifs is 4. The van der Waals surface area contributed by atoms with Gasteiger partial charge in [-0.2, -0.15) is 0 Å². The first kappa shape index (κ1) is 16.8. The molecule has 3 heteroatoms. The Morgan fingerprint density at radius 2 is 1.21 bits per heavy atom. The van der Waals surface area contributed by atoms with Crippen LogP contribution in [0.2, 0.25) is 0 Å². The number of para-hydroxylation sites is 2. The molecule has 0 saturated carbocycles. The monoisotopic (exact) mass is 366 g/mol. The van der Waals surface area contributed by atoms with Crippen LogP contribution in [0.5, 0.6) is 0 Å². The van der Waals surface area contributed by atoms with Gasteiger partial charge in [0.2, 0.25) is 0 Å². The predicted octanol–water partition coefficient (Wildman–Crippen LogP) is 5.94. The molecule has 0 bridgehead atoms. The standard InChI is InChI=1S/C25H22N2O/c1-17(28)25(26-22-14-8-10-18-9-2-3-11-19(18)22)27-23-15-6-4-12-20(23)21-13-5-7-16-24(21)27/h2-17,25-26,28H,1H3. The molecule has 4 aromatic carbocycles. The molecule has 0 radical (unpaired) electrons. The minimum atomic E-state index is -0.585. The zero-order valence-corrected chi connectivity index (χ0v) is 15.7. The molecule has 2 atom stereocenters. The Labute approximate surface area is 163 Å². The van der Waals surface area contributed by atoms with E-state index in [0.717, 1.165) is 22.1 Å². The number of hydrogen-bond donors (Lipinski definition) is 2. The fraction of sp³-hybridized carbons (Fsp3) is 0.120. The van der Waals surface area contributed by atoms with Crippen molar-refractivity contribution < 1.29 is 5.11 Å². The minimum Gasteiger partial charge on any atom is -0.389 e. The summed E-state index contributed by atoms with van der Waals surface area (Å²) in [5.41, 5.74) is 3.25. The lowest BCUT2D eigenvalue weighted by Crippen LogP contribution is -2.28.